The van der Waals surface area contributed by atoms with E-state index >= 15 is 0 Å². The summed E-state index contributed by atoms with van der Waals surface area (Å²) >= 11 is 1.27. The molecular weight excluding hydrogens is 478 g/mol. The fourth-order valence-electron chi connectivity index (χ4n) is 3.91. The van der Waals surface area contributed by atoms with Crippen molar-refractivity contribution in [3.63, 3.8) is 0 Å². The largest absolute Gasteiger partial charge is 0.493 e. The number of thiazole rings is 1. The Morgan fingerprint density at radius 2 is 1.86 bits per heavy atom. The lowest BCUT2D eigenvalue weighted by atomic mass is 10.2. The topological polar surface area (TPSA) is 84.2 Å². The van der Waals surface area contributed by atoms with Crippen molar-refractivity contribution in [1.29, 1.82) is 0 Å². The maximum atomic E-state index is 13.0. The summed E-state index contributed by atoms with van der Waals surface area (Å²) in [5.41, 5.74) is 1.63. The minimum absolute atomic E-state index is 0.241. The van der Waals surface area contributed by atoms with Crippen LogP contribution in [0.25, 0.3) is 11.0 Å². The fourth-order valence-corrected chi connectivity index (χ4v) is 4.83. The number of methoxy groups -OCH3 is 1. The lowest BCUT2D eigenvalue weighted by molar-refractivity contribution is 0.0852. The van der Waals surface area contributed by atoms with Crippen molar-refractivity contribution in [3.8, 4) is 23.0 Å². The molecule has 1 unspecified atom stereocenters. The summed E-state index contributed by atoms with van der Waals surface area (Å²) in [4.78, 5) is 18.1. The third-order valence-corrected chi connectivity index (χ3v) is 6.68. The van der Waals surface area contributed by atoms with Crippen molar-refractivity contribution < 1.29 is 18.9 Å². The van der Waals surface area contributed by atoms with Crippen molar-refractivity contribution in [2.45, 2.75) is 12.7 Å². The van der Waals surface area contributed by atoms with Gasteiger partial charge in [0.2, 0.25) is 4.96 Å². The molecule has 0 fully saturated rings. The van der Waals surface area contributed by atoms with Gasteiger partial charge in [-0.1, -0.05) is 59.9 Å². The third-order valence-electron chi connectivity index (χ3n) is 5.72. The molecule has 0 spiro atoms. The number of nitrogens with zero attached hydrogens (tertiary/aromatic N) is 3. The maximum absolute atomic E-state index is 13.0. The van der Waals surface area contributed by atoms with Gasteiger partial charge in [-0.3, -0.25) is 4.79 Å². The molecule has 3 aromatic carbocycles. The number of aromatic nitrogens is 3. The molecule has 0 radical (unpaired) electrons. The van der Waals surface area contributed by atoms with Crippen LogP contribution in [0.4, 0.5) is 0 Å². The van der Waals surface area contributed by atoms with Gasteiger partial charge in [0.1, 0.15) is 13.2 Å². The molecule has 0 saturated heterocycles. The van der Waals surface area contributed by atoms with E-state index in [0.717, 1.165) is 11.1 Å². The Hall–Kier alpha value is -4.37. The molecular formula is C27H21N3O5S. The highest BCUT2D eigenvalue weighted by atomic mass is 32.1. The fraction of sp³-hybridized carbons (Fsp3) is 0.148. The quantitative estimate of drug-likeness (QED) is 0.351. The van der Waals surface area contributed by atoms with E-state index < -0.39 is 6.10 Å². The molecule has 6 rings (SSSR count). The average molecular weight is 500 g/mol. The first-order valence-electron chi connectivity index (χ1n) is 11.3. The van der Waals surface area contributed by atoms with Gasteiger partial charge in [0.05, 0.1) is 11.6 Å². The molecule has 2 aromatic heterocycles. The Kier molecular flexibility index (Phi) is 5.74. The SMILES string of the molecule is COc1cc(/C=c2/sc3nc(C4COc5ccccc5O4)nn3c2=O)ccc1OCc1ccccc1. The van der Waals surface area contributed by atoms with Crippen molar-refractivity contribution in [3.05, 3.63) is 105 Å². The highest BCUT2D eigenvalue weighted by Crippen LogP contribution is 2.35. The third kappa shape index (κ3) is 4.25. The summed E-state index contributed by atoms with van der Waals surface area (Å²) in [7, 11) is 1.59. The average Bonchev–Trinajstić information content (AvgIpc) is 3.47. The lowest BCUT2D eigenvalue weighted by Crippen LogP contribution is -2.26. The van der Waals surface area contributed by atoms with Crippen LogP contribution in [0.2, 0.25) is 0 Å². The summed E-state index contributed by atoms with van der Waals surface area (Å²) in [5.74, 6) is 2.95. The molecule has 8 nitrogen and oxygen atoms in total. The standard InChI is InChI=1S/C27H21N3O5S/c1-32-22-13-18(11-12-20(22)33-15-17-7-3-2-4-8-17)14-24-26(31)30-27(36-24)28-25(29-30)23-16-34-19-9-5-6-10-21(19)35-23/h2-14,23H,15-16H2,1H3/b24-14+. The van der Waals surface area contributed by atoms with Gasteiger partial charge in [-0.2, -0.15) is 9.50 Å². The van der Waals surface area contributed by atoms with E-state index in [4.69, 9.17) is 18.9 Å². The summed E-state index contributed by atoms with van der Waals surface area (Å²) in [6.07, 6.45) is 1.31. The number of para-hydroxylation sites is 2. The Morgan fingerprint density at radius 1 is 1.06 bits per heavy atom. The van der Waals surface area contributed by atoms with Gasteiger partial charge in [-0.05, 0) is 41.5 Å². The van der Waals surface area contributed by atoms with Crippen molar-refractivity contribution >= 4 is 22.4 Å². The normalized spacial score (nSPS) is 15.2. The summed E-state index contributed by atoms with van der Waals surface area (Å²) in [5, 5.41) is 4.41. The molecule has 0 saturated carbocycles. The van der Waals surface area contributed by atoms with Crippen LogP contribution in [0.3, 0.4) is 0 Å². The van der Waals surface area contributed by atoms with E-state index in [1.54, 1.807) is 13.2 Å². The second-order valence-corrected chi connectivity index (χ2v) is 9.14. The Morgan fingerprint density at radius 3 is 2.67 bits per heavy atom. The van der Waals surface area contributed by atoms with E-state index in [-0.39, 0.29) is 12.2 Å². The molecule has 1 aliphatic heterocycles. The zero-order valence-corrected chi connectivity index (χ0v) is 20.1. The van der Waals surface area contributed by atoms with Gasteiger partial charge in [0, 0.05) is 0 Å². The maximum Gasteiger partial charge on any atom is 0.291 e. The zero-order chi connectivity index (χ0) is 24.5. The van der Waals surface area contributed by atoms with E-state index in [0.29, 0.717) is 44.9 Å². The second-order valence-electron chi connectivity index (χ2n) is 8.13. The number of fused-ring (bicyclic) bond motifs is 2. The van der Waals surface area contributed by atoms with E-state index in [9.17, 15) is 4.79 Å². The molecule has 3 heterocycles. The highest BCUT2D eigenvalue weighted by molar-refractivity contribution is 7.15. The van der Waals surface area contributed by atoms with Crippen LogP contribution < -0.4 is 29.0 Å². The smallest absolute Gasteiger partial charge is 0.291 e. The number of hydrogen-bond acceptors (Lipinski definition) is 8. The minimum atomic E-state index is -0.480. The Bertz CT molecular complexity index is 1650. The molecule has 0 bridgehead atoms. The first kappa shape index (κ1) is 22.1. The van der Waals surface area contributed by atoms with Crippen molar-refractivity contribution in [2.75, 3.05) is 13.7 Å². The molecule has 180 valence electrons. The van der Waals surface area contributed by atoms with Crippen molar-refractivity contribution in [2.24, 2.45) is 0 Å². The van der Waals surface area contributed by atoms with E-state index in [1.807, 2.05) is 72.8 Å². The summed E-state index contributed by atoms with van der Waals surface area (Å²) in [6, 6.07) is 22.9. The number of ether oxygens (including phenoxy) is 4. The van der Waals surface area contributed by atoms with Gasteiger partial charge in [-0.15, -0.1) is 5.10 Å². The Labute approximate surface area is 210 Å². The van der Waals surface area contributed by atoms with E-state index in [1.165, 1.54) is 15.9 Å². The van der Waals surface area contributed by atoms with Gasteiger partial charge in [0.25, 0.3) is 5.56 Å². The molecule has 5 aromatic rings. The predicted molar refractivity (Wildman–Crippen MR) is 135 cm³/mol. The Balaban J connectivity index is 1.24. The first-order valence-corrected chi connectivity index (χ1v) is 12.1. The number of rotatable bonds is 6. The number of hydrogen-bond donors (Lipinski definition) is 0. The van der Waals surface area contributed by atoms with Gasteiger partial charge in [0.15, 0.2) is 34.9 Å². The molecule has 36 heavy (non-hydrogen) atoms. The van der Waals surface area contributed by atoms with Gasteiger partial charge < -0.3 is 18.9 Å². The zero-order valence-electron chi connectivity index (χ0n) is 19.3. The lowest BCUT2D eigenvalue weighted by Gasteiger charge is -2.24. The van der Waals surface area contributed by atoms with Crippen LogP contribution in [0.1, 0.15) is 23.1 Å². The van der Waals surface area contributed by atoms with Gasteiger partial charge >= 0.3 is 0 Å². The molecule has 0 aliphatic carbocycles. The van der Waals surface area contributed by atoms with Crippen LogP contribution in [0.15, 0.2) is 77.6 Å². The first-order chi connectivity index (χ1) is 17.7. The monoisotopic (exact) mass is 499 g/mol. The molecule has 0 amide bonds. The molecule has 9 heteroatoms. The summed E-state index contributed by atoms with van der Waals surface area (Å²) in [6.45, 7) is 0.711. The molecule has 0 N–H and O–H groups in total. The highest BCUT2D eigenvalue weighted by Gasteiger charge is 2.27. The van der Waals surface area contributed by atoms with Crippen LogP contribution in [-0.4, -0.2) is 28.3 Å². The van der Waals surface area contributed by atoms with Crippen molar-refractivity contribution in [1.82, 2.24) is 14.6 Å². The number of benzene rings is 3. The van der Waals surface area contributed by atoms with Gasteiger partial charge in [-0.25, -0.2) is 0 Å². The second kappa shape index (κ2) is 9.35. The summed E-state index contributed by atoms with van der Waals surface area (Å²) < 4.78 is 25.0. The molecule has 1 atom stereocenters. The van der Waals surface area contributed by atoms with Crippen LogP contribution in [-0.2, 0) is 6.61 Å². The predicted octanol–water partition coefficient (Wildman–Crippen LogP) is 3.80. The van der Waals surface area contributed by atoms with Crippen LogP contribution in [0, 0.1) is 0 Å². The van der Waals surface area contributed by atoms with E-state index in [2.05, 4.69) is 10.1 Å². The van der Waals surface area contributed by atoms with Crippen LogP contribution in [0.5, 0.6) is 23.0 Å². The van der Waals surface area contributed by atoms with Crippen LogP contribution >= 0.6 is 11.3 Å². The minimum Gasteiger partial charge on any atom is -0.493 e. The molecule has 1 aliphatic rings.